The number of carbonyl (C=O) groups is 2. The summed E-state index contributed by atoms with van der Waals surface area (Å²) in [4.78, 5) is 26.8. The van der Waals surface area contributed by atoms with E-state index in [1.807, 2.05) is 16.7 Å². The van der Waals surface area contributed by atoms with E-state index in [1.165, 1.54) is 26.0 Å². The zero-order valence-electron chi connectivity index (χ0n) is 14.7. The minimum Gasteiger partial charge on any atom is -0.479 e. The fourth-order valence-corrected chi connectivity index (χ4v) is 3.24. The summed E-state index contributed by atoms with van der Waals surface area (Å²) in [5.41, 5.74) is 1.73. The summed E-state index contributed by atoms with van der Waals surface area (Å²) >= 11 is 0. The van der Waals surface area contributed by atoms with Gasteiger partial charge in [-0.05, 0) is 36.0 Å². The Bertz CT molecular complexity index is 821. The van der Waals surface area contributed by atoms with E-state index in [0.29, 0.717) is 37.7 Å². The minimum absolute atomic E-state index is 0.0390. The Hall–Kier alpha value is -2.77. The Morgan fingerprint density at radius 3 is 2.88 bits per heavy atom. The monoisotopic (exact) mass is 358 g/mol. The smallest absolute Gasteiger partial charge is 0.292 e. The molecule has 2 aromatic rings. The SMILES string of the molecule is COc1cc(C(=O)N2CCc3ccc(C(=O)NCC4CC4)n3CC2)on1. The van der Waals surface area contributed by atoms with Crippen LogP contribution in [0, 0.1) is 5.92 Å². The molecule has 0 aromatic carbocycles. The average molecular weight is 358 g/mol. The first-order chi connectivity index (χ1) is 12.7. The summed E-state index contributed by atoms with van der Waals surface area (Å²) in [6, 6.07) is 5.33. The molecule has 1 N–H and O–H groups in total. The summed E-state index contributed by atoms with van der Waals surface area (Å²) in [6.07, 6.45) is 3.10. The number of ether oxygens (including phenoxy) is 1. The third-order valence-electron chi connectivity index (χ3n) is 4.98. The first-order valence-electron chi connectivity index (χ1n) is 8.92. The average Bonchev–Trinajstić information content (AvgIpc) is 3.28. The van der Waals surface area contributed by atoms with Crippen molar-refractivity contribution in [3.63, 3.8) is 0 Å². The van der Waals surface area contributed by atoms with Gasteiger partial charge < -0.3 is 24.0 Å². The second-order valence-electron chi connectivity index (χ2n) is 6.79. The molecule has 1 fully saturated rings. The van der Waals surface area contributed by atoms with Crippen LogP contribution in [-0.2, 0) is 13.0 Å². The predicted octanol–water partition coefficient (Wildman–Crippen LogP) is 1.32. The maximum absolute atomic E-state index is 12.6. The van der Waals surface area contributed by atoms with Gasteiger partial charge in [-0.15, -0.1) is 0 Å². The highest BCUT2D eigenvalue weighted by Crippen LogP contribution is 2.27. The summed E-state index contributed by atoms with van der Waals surface area (Å²) in [5.74, 6) is 0.832. The number of aromatic nitrogens is 2. The Morgan fingerprint density at radius 1 is 1.31 bits per heavy atom. The highest BCUT2D eigenvalue weighted by atomic mass is 16.5. The number of nitrogens with one attached hydrogen (secondary N) is 1. The van der Waals surface area contributed by atoms with Gasteiger partial charge in [0, 0.05) is 38.3 Å². The molecule has 0 atom stereocenters. The van der Waals surface area contributed by atoms with Crippen LogP contribution in [0.15, 0.2) is 22.7 Å². The van der Waals surface area contributed by atoms with Crippen LogP contribution < -0.4 is 10.1 Å². The lowest BCUT2D eigenvalue weighted by molar-refractivity contribution is 0.0717. The summed E-state index contributed by atoms with van der Waals surface area (Å²) < 4.78 is 12.0. The van der Waals surface area contributed by atoms with Gasteiger partial charge in [-0.1, -0.05) is 0 Å². The first-order valence-corrected chi connectivity index (χ1v) is 8.92. The van der Waals surface area contributed by atoms with Gasteiger partial charge in [-0.2, -0.15) is 0 Å². The lowest BCUT2D eigenvalue weighted by Gasteiger charge is -2.18. The van der Waals surface area contributed by atoms with Crippen molar-refractivity contribution in [3.8, 4) is 5.88 Å². The molecule has 26 heavy (non-hydrogen) atoms. The molecule has 0 spiro atoms. The van der Waals surface area contributed by atoms with Crippen LogP contribution in [0.2, 0.25) is 0 Å². The Morgan fingerprint density at radius 2 is 2.15 bits per heavy atom. The maximum Gasteiger partial charge on any atom is 0.292 e. The summed E-state index contributed by atoms with van der Waals surface area (Å²) in [5, 5.41) is 6.69. The number of methoxy groups -OCH3 is 1. The van der Waals surface area contributed by atoms with Crippen molar-refractivity contribution in [1.29, 1.82) is 0 Å². The standard InChI is InChI=1S/C18H22N4O4/c1-25-16-10-15(26-20-16)18(24)21-7-6-13-4-5-14(22(13)9-8-21)17(23)19-11-12-2-3-12/h4-5,10,12H,2-3,6-9,11H2,1H3,(H,19,23). The third kappa shape index (κ3) is 3.31. The van der Waals surface area contributed by atoms with E-state index in [4.69, 9.17) is 9.26 Å². The van der Waals surface area contributed by atoms with Crippen LogP contribution in [0.5, 0.6) is 5.88 Å². The van der Waals surface area contributed by atoms with E-state index in [0.717, 1.165) is 12.2 Å². The normalized spacial score (nSPS) is 16.7. The number of amides is 2. The van der Waals surface area contributed by atoms with Crippen LogP contribution in [0.25, 0.3) is 0 Å². The van der Waals surface area contributed by atoms with Crippen molar-refractivity contribution in [2.45, 2.75) is 25.8 Å². The quantitative estimate of drug-likeness (QED) is 0.871. The minimum atomic E-state index is -0.216. The van der Waals surface area contributed by atoms with Crippen LogP contribution >= 0.6 is 0 Å². The van der Waals surface area contributed by atoms with Crippen LogP contribution in [0.4, 0.5) is 0 Å². The van der Waals surface area contributed by atoms with Gasteiger partial charge in [0.1, 0.15) is 5.69 Å². The van der Waals surface area contributed by atoms with Crippen molar-refractivity contribution in [2.75, 3.05) is 26.7 Å². The molecule has 4 rings (SSSR count). The first kappa shape index (κ1) is 16.7. The van der Waals surface area contributed by atoms with E-state index in [2.05, 4.69) is 10.5 Å². The van der Waals surface area contributed by atoms with Crippen LogP contribution in [0.1, 0.15) is 39.6 Å². The number of hydrogen-bond donors (Lipinski definition) is 1. The van der Waals surface area contributed by atoms with Gasteiger partial charge in [0.25, 0.3) is 17.7 Å². The van der Waals surface area contributed by atoms with Gasteiger partial charge in [0.05, 0.1) is 13.2 Å². The topological polar surface area (TPSA) is 89.6 Å². The molecule has 0 radical (unpaired) electrons. The van der Waals surface area contributed by atoms with Crippen LogP contribution in [0.3, 0.4) is 0 Å². The van der Waals surface area contributed by atoms with Gasteiger partial charge in [0.15, 0.2) is 0 Å². The fourth-order valence-electron chi connectivity index (χ4n) is 3.24. The molecule has 2 aromatic heterocycles. The predicted molar refractivity (Wildman–Crippen MR) is 92.2 cm³/mol. The molecule has 3 heterocycles. The second-order valence-corrected chi connectivity index (χ2v) is 6.79. The third-order valence-corrected chi connectivity index (χ3v) is 4.98. The Balaban J connectivity index is 1.43. The summed E-state index contributed by atoms with van der Waals surface area (Å²) in [7, 11) is 1.47. The lowest BCUT2D eigenvalue weighted by Crippen LogP contribution is -2.34. The molecule has 0 bridgehead atoms. The van der Waals surface area contributed by atoms with E-state index in [-0.39, 0.29) is 23.5 Å². The number of hydrogen-bond acceptors (Lipinski definition) is 5. The lowest BCUT2D eigenvalue weighted by atomic mass is 10.3. The van der Waals surface area contributed by atoms with Crippen molar-refractivity contribution in [2.24, 2.45) is 5.92 Å². The number of carbonyl (C=O) groups excluding carboxylic acids is 2. The van der Waals surface area contributed by atoms with Crippen molar-refractivity contribution >= 4 is 11.8 Å². The van der Waals surface area contributed by atoms with E-state index < -0.39 is 0 Å². The van der Waals surface area contributed by atoms with Gasteiger partial charge in [-0.25, -0.2) is 0 Å². The molecule has 0 unspecified atom stereocenters. The fraction of sp³-hybridized carbons (Fsp3) is 0.500. The molecule has 8 heteroatoms. The molecule has 1 aliphatic carbocycles. The number of fused-ring (bicyclic) bond motifs is 1. The Kier molecular flexibility index (Phi) is 4.40. The van der Waals surface area contributed by atoms with Crippen molar-refractivity contribution < 1.29 is 18.8 Å². The second kappa shape index (κ2) is 6.86. The van der Waals surface area contributed by atoms with Gasteiger partial charge in [0.2, 0.25) is 5.76 Å². The molecule has 1 saturated carbocycles. The number of rotatable bonds is 5. The maximum atomic E-state index is 12.6. The van der Waals surface area contributed by atoms with E-state index in [9.17, 15) is 9.59 Å². The highest BCUT2D eigenvalue weighted by Gasteiger charge is 2.26. The molecule has 8 nitrogen and oxygen atoms in total. The van der Waals surface area contributed by atoms with E-state index >= 15 is 0 Å². The molecule has 2 amide bonds. The molecule has 2 aliphatic rings. The molecule has 0 saturated heterocycles. The Labute approximate surface area is 151 Å². The van der Waals surface area contributed by atoms with Crippen molar-refractivity contribution in [3.05, 3.63) is 35.3 Å². The van der Waals surface area contributed by atoms with E-state index in [1.54, 1.807) is 4.90 Å². The van der Waals surface area contributed by atoms with Gasteiger partial charge in [-0.3, -0.25) is 9.59 Å². The van der Waals surface area contributed by atoms with Crippen LogP contribution in [-0.4, -0.2) is 53.2 Å². The van der Waals surface area contributed by atoms with Crippen molar-refractivity contribution in [1.82, 2.24) is 19.9 Å². The molecule has 1 aliphatic heterocycles. The molecule has 138 valence electrons. The number of nitrogens with zero attached hydrogens (tertiary/aromatic N) is 3. The molecular formula is C18H22N4O4. The zero-order chi connectivity index (χ0) is 18.1. The highest BCUT2D eigenvalue weighted by molar-refractivity contribution is 5.93. The molecular weight excluding hydrogens is 336 g/mol. The largest absolute Gasteiger partial charge is 0.479 e. The zero-order valence-corrected chi connectivity index (χ0v) is 14.7. The van der Waals surface area contributed by atoms with Gasteiger partial charge >= 0.3 is 0 Å². The summed E-state index contributed by atoms with van der Waals surface area (Å²) in [6.45, 7) is 2.39.